The maximum Gasteiger partial charge on any atom is 0.256 e. The molecular formula is C8H13NOS. The first-order valence-electron chi connectivity index (χ1n) is 4.29. The predicted molar refractivity (Wildman–Crippen MR) is 47.4 cm³/mol. The zero-order valence-corrected chi connectivity index (χ0v) is 7.32. The summed E-state index contributed by atoms with van der Waals surface area (Å²) in [5, 5.41) is 3.83. The van der Waals surface area contributed by atoms with Gasteiger partial charge in [0.15, 0.2) is 0 Å². The first kappa shape index (κ1) is 7.35. The maximum atomic E-state index is 5.27. The van der Waals surface area contributed by atoms with Gasteiger partial charge in [-0.25, -0.2) is 0 Å². The SMILES string of the molecule is S=C1N[C@H]2CCCC[C@@H]2CO1. The van der Waals surface area contributed by atoms with Crippen molar-refractivity contribution in [1.29, 1.82) is 0 Å². The second-order valence-electron chi connectivity index (χ2n) is 3.39. The first-order chi connectivity index (χ1) is 5.36. The Morgan fingerprint density at radius 1 is 1.36 bits per heavy atom. The lowest BCUT2D eigenvalue weighted by atomic mass is 9.84. The molecule has 0 amide bonds. The lowest BCUT2D eigenvalue weighted by Gasteiger charge is -2.36. The van der Waals surface area contributed by atoms with Crippen LogP contribution in [0, 0.1) is 5.92 Å². The summed E-state index contributed by atoms with van der Waals surface area (Å²) in [5.74, 6) is 0.718. The summed E-state index contributed by atoms with van der Waals surface area (Å²) in [7, 11) is 0. The van der Waals surface area contributed by atoms with Gasteiger partial charge >= 0.3 is 0 Å². The Kier molecular flexibility index (Phi) is 1.98. The van der Waals surface area contributed by atoms with Gasteiger partial charge in [-0.05, 0) is 25.1 Å². The maximum absolute atomic E-state index is 5.27. The molecule has 1 saturated carbocycles. The van der Waals surface area contributed by atoms with E-state index in [2.05, 4.69) is 5.32 Å². The van der Waals surface area contributed by atoms with E-state index in [-0.39, 0.29) is 0 Å². The van der Waals surface area contributed by atoms with Crippen molar-refractivity contribution in [2.75, 3.05) is 6.61 Å². The van der Waals surface area contributed by atoms with Crippen molar-refractivity contribution in [3.05, 3.63) is 0 Å². The van der Waals surface area contributed by atoms with E-state index >= 15 is 0 Å². The number of hydrogen-bond donors (Lipinski definition) is 1. The highest BCUT2D eigenvalue weighted by molar-refractivity contribution is 7.80. The van der Waals surface area contributed by atoms with E-state index in [0.717, 1.165) is 12.5 Å². The Balaban J connectivity index is 1.98. The molecule has 0 spiro atoms. The van der Waals surface area contributed by atoms with E-state index in [0.29, 0.717) is 11.2 Å². The Morgan fingerprint density at radius 3 is 3.09 bits per heavy atom. The largest absolute Gasteiger partial charge is 0.471 e. The second-order valence-corrected chi connectivity index (χ2v) is 3.76. The van der Waals surface area contributed by atoms with Gasteiger partial charge in [-0.1, -0.05) is 12.8 Å². The number of rotatable bonds is 0. The van der Waals surface area contributed by atoms with Crippen LogP contribution < -0.4 is 5.32 Å². The van der Waals surface area contributed by atoms with Crippen LogP contribution in [-0.4, -0.2) is 17.8 Å². The van der Waals surface area contributed by atoms with Crippen LogP contribution >= 0.6 is 12.2 Å². The highest BCUT2D eigenvalue weighted by Gasteiger charge is 2.29. The topological polar surface area (TPSA) is 21.3 Å². The molecule has 0 bridgehead atoms. The zero-order valence-electron chi connectivity index (χ0n) is 6.51. The molecular weight excluding hydrogens is 158 g/mol. The molecule has 0 aromatic heterocycles. The summed E-state index contributed by atoms with van der Waals surface area (Å²) in [6, 6.07) is 0.616. The molecule has 0 unspecified atom stereocenters. The first-order valence-corrected chi connectivity index (χ1v) is 4.70. The van der Waals surface area contributed by atoms with Crippen LogP contribution in [0.2, 0.25) is 0 Å². The average Bonchev–Trinajstić information content (AvgIpc) is 2.04. The minimum atomic E-state index is 0.605. The van der Waals surface area contributed by atoms with Gasteiger partial charge < -0.3 is 10.1 Å². The molecule has 2 rings (SSSR count). The molecule has 2 atom stereocenters. The van der Waals surface area contributed by atoms with E-state index in [1.165, 1.54) is 25.7 Å². The predicted octanol–water partition coefficient (Wildman–Crippen LogP) is 1.45. The van der Waals surface area contributed by atoms with Crippen molar-refractivity contribution >= 4 is 17.4 Å². The normalized spacial score (nSPS) is 36.9. The van der Waals surface area contributed by atoms with Crippen LogP contribution in [0.15, 0.2) is 0 Å². The summed E-state index contributed by atoms with van der Waals surface area (Å²) >= 11 is 4.94. The Hall–Kier alpha value is -0.310. The quantitative estimate of drug-likeness (QED) is 0.557. The van der Waals surface area contributed by atoms with Gasteiger partial charge in [-0.2, -0.15) is 0 Å². The number of hydrogen-bond acceptors (Lipinski definition) is 2. The lowest BCUT2D eigenvalue weighted by molar-refractivity contribution is 0.130. The minimum absolute atomic E-state index is 0.605. The summed E-state index contributed by atoms with van der Waals surface area (Å²) in [4.78, 5) is 0. The van der Waals surface area contributed by atoms with Crippen molar-refractivity contribution in [3.8, 4) is 0 Å². The molecule has 1 heterocycles. The van der Waals surface area contributed by atoms with E-state index in [4.69, 9.17) is 17.0 Å². The molecule has 62 valence electrons. The van der Waals surface area contributed by atoms with E-state index < -0.39 is 0 Å². The van der Waals surface area contributed by atoms with Gasteiger partial charge in [-0.15, -0.1) is 0 Å². The fourth-order valence-corrected chi connectivity index (χ4v) is 2.19. The molecule has 0 radical (unpaired) electrons. The number of ether oxygens (including phenoxy) is 1. The molecule has 2 aliphatic rings. The number of thiocarbonyl (C=S) groups is 1. The fourth-order valence-electron chi connectivity index (χ4n) is 1.97. The summed E-state index contributed by atoms with van der Waals surface area (Å²) in [6.45, 7) is 0.844. The van der Waals surface area contributed by atoms with E-state index in [9.17, 15) is 0 Å². The van der Waals surface area contributed by atoms with Crippen LogP contribution in [-0.2, 0) is 4.74 Å². The number of nitrogens with one attached hydrogen (secondary N) is 1. The molecule has 2 fully saturated rings. The van der Waals surface area contributed by atoms with Gasteiger partial charge in [0.25, 0.3) is 5.17 Å². The van der Waals surface area contributed by atoms with Crippen molar-refractivity contribution in [2.45, 2.75) is 31.7 Å². The van der Waals surface area contributed by atoms with Crippen LogP contribution in [0.3, 0.4) is 0 Å². The zero-order chi connectivity index (χ0) is 7.68. The molecule has 1 aliphatic heterocycles. The third-order valence-electron chi connectivity index (χ3n) is 2.64. The van der Waals surface area contributed by atoms with Crippen LogP contribution in [0.5, 0.6) is 0 Å². The molecule has 0 aromatic rings. The Bertz CT molecular complexity index is 171. The van der Waals surface area contributed by atoms with Crippen molar-refractivity contribution in [2.24, 2.45) is 5.92 Å². The average molecular weight is 171 g/mol. The minimum Gasteiger partial charge on any atom is -0.471 e. The summed E-state index contributed by atoms with van der Waals surface area (Å²) in [5.41, 5.74) is 0. The number of fused-ring (bicyclic) bond motifs is 1. The molecule has 0 aromatic carbocycles. The van der Waals surface area contributed by atoms with Crippen molar-refractivity contribution < 1.29 is 4.74 Å². The van der Waals surface area contributed by atoms with E-state index in [1.807, 2.05) is 0 Å². The highest BCUT2D eigenvalue weighted by Crippen LogP contribution is 2.26. The molecule has 1 N–H and O–H groups in total. The molecule has 2 nitrogen and oxygen atoms in total. The molecule has 1 aliphatic carbocycles. The highest BCUT2D eigenvalue weighted by atomic mass is 32.1. The fraction of sp³-hybridized carbons (Fsp3) is 0.875. The third-order valence-corrected chi connectivity index (χ3v) is 2.88. The monoisotopic (exact) mass is 171 g/mol. The Morgan fingerprint density at radius 2 is 2.18 bits per heavy atom. The van der Waals surface area contributed by atoms with Gasteiger partial charge in [0.2, 0.25) is 0 Å². The van der Waals surface area contributed by atoms with E-state index in [1.54, 1.807) is 0 Å². The molecule has 11 heavy (non-hydrogen) atoms. The van der Waals surface area contributed by atoms with Crippen molar-refractivity contribution in [1.82, 2.24) is 5.32 Å². The lowest BCUT2D eigenvalue weighted by Crippen LogP contribution is -2.49. The van der Waals surface area contributed by atoms with Crippen molar-refractivity contribution in [3.63, 3.8) is 0 Å². The van der Waals surface area contributed by atoms with Gasteiger partial charge in [0.05, 0.1) is 6.61 Å². The van der Waals surface area contributed by atoms with Crippen LogP contribution in [0.1, 0.15) is 25.7 Å². The van der Waals surface area contributed by atoms with Crippen LogP contribution in [0.25, 0.3) is 0 Å². The Labute approximate surface area is 72.3 Å². The third kappa shape index (κ3) is 1.48. The molecule has 1 saturated heterocycles. The smallest absolute Gasteiger partial charge is 0.256 e. The summed E-state index contributed by atoms with van der Waals surface area (Å²) in [6.07, 6.45) is 5.28. The second kappa shape index (κ2) is 2.97. The standard InChI is InChI=1S/C8H13NOS/c11-8-9-7-4-2-1-3-6(7)5-10-8/h6-7H,1-5H2,(H,9,11)/t6-,7+/m1/s1. The van der Waals surface area contributed by atoms with Crippen LogP contribution in [0.4, 0.5) is 0 Å². The summed E-state index contributed by atoms with van der Waals surface area (Å²) < 4.78 is 5.27. The van der Waals surface area contributed by atoms with Gasteiger partial charge in [0, 0.05) is 12.0 Å². The molecule has 3 heteroatoms. The van der Waals surface area contributed by atoms with Gasteiger partial charge in [0.1, 0.15) is 0 Å². The van der Waals surface area contributed by atoms with Gasteiger partial charge in [-0.3, -0.25) is 0 Å².